The first-order chi connectivity index (χ1) is 8.22. The van der Waals surface area contributed by atoms with Crippen molar-refractivity contribution in [3.05, 3.63) is 19.9 Å². The van der Waals surface area contributed by atoms with E-state index in [1.165, 1.54) is 9.30 Å². The first kappa shape index (κ1) is 13.3. The van der Waals surface area contributed by atoms with Gasteiger partial charge < -0.3 is 10.2 Å². The van der Waals surface area contributed by atoms with E-state index in [1.54, 1.807) is 11.3 Å². The quantitative estimate of drug-likeness (QED) is 0.837. The van der Waals surface area contributed by atoms with E-state index in [4.69, 9.17) is 0 Å². The maximum absolute atomic E-state index is 12.4. The number of halogens is 1. The van der Waals surface area contributed by atoms with Crippen molar-refractivity contribution in [3.63, 3.8) is 0 Å². The van der Waals surface area contributed by atoms with Gasteiger partial charge in [-0.15, -0.1) is 11.3 Å². The Morgan fingerprint density at radius 3 is 3.12 bits per heavy atom. The molecule has 0 spiro atoms. The molecule has 1 atom stereocenters. The van der Waals surface area contributed by atoms with Crippen LogP contribution in [0.3, 0.4) is 0 Å². The zero-order valence-electron chi connectivity index (χ0n) is 9.91. The van der Waals surface area contributed by atoms with Crippen molar-refractivity contribution in [1.29, 1.82) is 0 Å². The molecular weight excluding hydrogens is 347 g/mol. The Morgan fingerprint density at radius 1 is 1.65 bits per heavy atom. The van der Waals surface area contributed by atoms with Gasteiger partial charge >= 0.3 is 0 Å². The Balaban J connectivity index is 2.10. The molecule has 1 amide bonds. The van der Waals surface area contributed by atoms with Crippen LogP contribution in [0.4, 0.5) is 0 Å². The van der Waals surface area contributed by atoms with Gasteiger partial charge in [-0.25, -0.2) is 0 Å². The van der Waals surface area contributed by atoms with E-state index in [-0.39, 0.29) is 5.91 Å². The number of hydrogen-bond donors (Lipinski definition) is 1. The van der Waals surface area contributed by atoms with Crippen LogP contribution >= 0.6 is 33.9 Å². The summed E-state index contributed by atoms with van der Waals surface area (Å²) < 4.78 is 1.17. The van der Waals surface area contributed by atoms with Crippen molar-refractivity contribution in [2.24, 2.45) is 0 Å². The summed E-state index contributed by atoms with van der Waals surface area (Å²) in [6, 6.07) is 2.34. The number of amides is 1. The minimum absolute atomic E-state index is 0.198. The van der Waals surface area contributed by atoms with Crippen LogP contribution in [0.15, 0.2) is 11.4 Å². The van der Waals surface area contributed by atoms with Crippen LogP contribution in [0.1, 0.15) is 29.6 Å². The third-order valence-electron chi connectivity index (χ3n) is 3.14. The van der Waals surface area contributed by atoms with Gasteiger partial charge in [-0.3, -0.25) is 4.79 Å². The fourth-order valence-corrected chi connectivity index (χ4v) is 3.62. The van der Waals surface area contributed by atoms with E-state index >= 15 is 0 Å². The van der Waals surface area contributed by atoms with E-state index < -0.39 is 0 Å². The number of nitrogens with one attached hydrogen (secondary N) is 1. The van der Waals surface area contributed by atoms with E-state index in [1.807, 2.05) is 23.4 Å². The van der Waals surface area contributed by atoms with Crippen molar-refractivity contribution in [3.8, 4) is 0 Å². The van der Waals surface area contributed by atoms with Gasteiger partial charge in [-0.2, -0.15) is 0 Å². The lowest BCUT2D eigenvalue weighted by atomic mass is 10.0. The number of likely N-dealkylation sites (tertiary alicyclic amines) is 1. The molecule has 1 aliphatic heterocycles. The van der Waals surface area contributed by atoms with E-state index in [2.05, 4.69) is 27.9 Å². The number of hydrogen-bond acceptors (Lipinski definition) is 3. The van der Waals surface area contributed by atoms with Gasteiger partial charge in [-0.05, 0) is 55.0 Å². The van der Waals surface area contributed by atoms with Crippen molar-refractivity contribution in [1.82, 2.24) is 10.2 Å². The van der Waals surface area contributed by atoms with Gasteiger partial charge in [0.1, 0.15) is 0 Å². The molecule has 17 heavy (non-hydrogen) atoms. The first-order valence-electron chi connectivity index (χ1n) is 5.92. The highest BCUT2D eigenvalue weighted by molar-refractivity contribution is 14.1. The van der Waals surface area contributed by atoms with Crippen molar-refractivity contribution in [2.45, 2.75) is 25.3 Å². The Bertz CT molecular complexity index is 392. The van der Waals surface area contributed by atoms with Crippen LogP contribution < -0.4 is 5.32 Å². The summed E-state index contributed by atoms with van der Waals surface area (Å²) in [6.07, 6.45) is 3.48. The molecule has 1 unspecified atom stereocenters. The molecule has 0 saturated carbocycles. The fourth-order valence-electron chi connectivity index (χ4n) is 2.30. The van der Waals surface area contributed by atoms with Crippen LogP contribution in [0, 0.1) is 2.88 Å². The van der Waals surface area contributed by atoms with E-state index in [9.17, 15) is 4.79 Å². The first-order valence-corrected chi connectivity index (χ1v) is 7.88. The molecule has 0 aromatic carbocycles. The summed E-state index contributed by atoms with van der Waals surface area (Å²) >= 11 is 3.90. The average molecular weight is 364 g/mol. The minimum Gasteiger partial charge on any atom is -0.334 e. The van der Waals surface area contributed by atoms with Crippen LogP contribution in [0.5, 0.6) is 0 Å². The highest BCUT2D eigenvalue weighted by Gasteiger charge is 2.27. The average Bonchev–Trinajstić information content (AvgIpc) is 2.76. The normalized spacial score (nSPS) is 20.6. The van der Waals surface area contributed by atoms with Gasteiger partial charge in [0.2, 0.25) is 0 Å². The molecule has 1 saturated heterocycles. The molecule has 0 aliphatic carbocycles. The largest absolute Gasteiger partial charge is 0.334 e. The number of thiophene rings is 1. The van der Waals surface area contributed by atoms with Gasteiger partial charge in [0, 0.05) is 24.5 Å². The standard InChI is InChI=1S/C12H17IN2OS/c1-14-7-10-4-2-3-5-15(10)12(16)9-6-11(13)17-8-9/h6,8,10,14H,2-5,7H2,1H3. The van der Waals surface area contributed by atoms with Crippen LogP contribution in [0.25, 0.3) is 0 Å². The summed E-state index contributed by atoms with van der Waals surface area (Å²) in [5.74, 6) is 0.198. The smallest absolute Gasteiger partial charge is 0.255 e. The molecule has 2 heterocycles. The zero-order valence-corrected chi connectivity index (χ0v) is 12.9. The summed E-state index contributed by atoms with van der Waals surface area (Å²) in [4.78, 5) is 14.4. The van der Waals surface area contributed by atoms with Gasteiger partial charge in [0.05, 0.1) is 8.45 Å². The summed E-state index contributed by atoms with van der Waals surface area (Å²) in [5, 5.41) is 5.15. The molecule has 1 aromatic rings. The predicted octanol–water partition coefficient (Wildman–Crippen LogP) is 2.57. The Morgan fingerprint density at radius 2 is 2.47 bits per heavy atom. The molecule has 5 heteroatoms. The molecule has 2 rings (SSSR count). The molecule has 94 valence electrons. The molecule has 0 bridgehead atoms. The number of nitrogens with zero attached hydrogens (tertiary/aromatic N) is 1. The number of likely N-dealkylation sites (N-methyl/N-ethyl adjacent to an activating group) is 1. The Kier molecular flexibility index (Phi) is 4.81. The second-order valence-electron chi connectivity index (χ2n) is 4.35. The number of rotatable bonds is 3. The van der Waals surface area contributed by atoms with Gasteiger partial charge in [-0.1, -0.05) is 0 Å². The van der Waals surface area contributed by atoms with Crippen molar-refractivity contribution in [2.75, 3.05) is 20.1 Å². The Hall–Kier alpha value is -0.140. The second-order valence-corrected chi connectivity index (χ2v) is 7.15. The Labute approximate surface area is 120 Å². The topological polar surface area (TPSA) is 32.3 Å². The highest BCUT2D eigenvalue weighted by atomic mass is 127. The maximum Gasteiger partial charge on any atom is 0.255 e. The number of piperidine rings is 1. The van der Waals surface area contributed by atoms with E-state index in [0.29, 0.717) is 6.04 Å². The summed E-state index contributed by atoms with van der Waals surface area (Å²) in [7, 11) is 1.95. The monoisotopic (exact) mass is 364 g/mol. The predicted molar refractivity (Wildman–Crippen MR) is 79.6 cm³/mol. The number of carbonyl (C=O) groups excluding carboxylic acids is 1. The minimum atomic E-state index is 0.198. The van der Waals surface area contributed by atoms with Crippen LogP contribution in [0.2, 0.25) is 0 Å². The molecule has 3 nitrogen and oxygen atoms in total. The maximum atomic E-state index is 12.4. The summed E-state index contributed by atoms with van der Waals surface area (Å²) in [6.45, 7) is 1.80. The third kappa shape index (κ3) is 3.20. The van der Waals surface area contributed by atoms with Crippen molar-refractivity contribution >= 4 is 39.8 Å². The fraction of sp³-hybridized carbons (Fsp3) is 0.583. The number of carbonyl (C=O) groups is 1. The third-order valence-corrected chi connectivity index (χ3v) is 4.93. The SMILES string of the molecule is CNCC1CCCCN1C(=O)c1csc(I)c1. The van der Waals surface area contributed by atoms with Crippen LogP contribution in [-0.2, 0) is 0 Å². The molecule has 1 aromatic heterocycles. The van der Waals surface area contributed by atoms with Gasteiger partial charge in [0.25, 0.3) is 5.91 Å². The lowest BCUT2D eigenvalue weighted by Gasteiger charge is -2.35. The molecule has 1 N–H and O–H groups in total. The zero-order chi connectivity index (χ0) is 12.3. The molecular formula is C12H17IN2OS. The lowest BCUT2D eigenvalue weighted by Crippen LogP contribution is -2.47. The second kappa shape index (κ2) is 6.15. The molecule has 1 aliphatic rings. The van der Waals surface area contributed by atoms with Crippen molar-refractivity contribution < 1.29 is 4.79 Å². The highest BCUT2D eigenvalue weighted by Crippen LogP contribution is 2.22. The molecule has 1 fully saturated rings. The van der Waals surface area contributed by atoms with Crippen LogP contribution in [-0.4, -0.2) is 37.0 Å². The van der Waals surface area contributed by atoms with Gasteiger partial charge in [0.15, 0.2) is 0 Å². The summed E-state index contributed by atoms with van der Waals surface area (Å²) in [5.41, 5.74) is 0.849. The van der Waals surface area contributed by atoms with E-state index in [0.717, 1.165) is 31.5 Å². The molecule has 0 radical (unpaired) electrons. The lowest BCUT2D eigenvalue weighted by molar-refractivity contribution is 0.0615.